The third-order valence-corrected chi connectivity index (χ3v) is 3.58. The van der Waals surface area contributed by atoms with Gasteiger partial charge in [0, 0.05) is 0 Å². The van der Waals surface area contributed by atoms with Crippen molar-refractivity contribution in [2.45, 2.75) is 55.3 Å². The van der Waals surface area contributed by atoms with Gasteiger partial charge in [0.2, 0.25) is 0 Å². The maximum absolute atomic E-state index is 9.87. The summed E-state index contributed by atoms with van der Waals surface area (Å²) in [6.45, 7) is -0.930. The lowest BCUT2D eigenvalue weighted by atomic mass is 9.98. The van der Waals surface area contributed by atoms with E-state index in [1.54, 1.807) is 0 Å². The fraction of sp³-hybridized carbons (Fsp3) is 1.00. The third kappa shape index (κ3) is 3.35. The van der Waals surface area contributed by atoms with Crippen LogP contribution in [-0.4, -0.2) is 104 Å². The minimum Gasteiger partial charge on any atom is -0.394 e. The van der Waals surface area contributed by atoms with Gasteiger partial charge in [0.1, 0.15) is 42.7 Å². The Morgan fingerprint density at radius 3 is 2.19 bits per heavy atom. The summed E-state index contributed by atoms with van der Waals surface area (Å²) < 4.78 is 15.1. The summed E-state index contributed by atoms with van der Waals surface area (Å²) in [5, 5.41) is 66.5. The molecule has 0 spiro atoms. The molecule has 0 bridgehead atoms. The Kier molecular flexibility index (Phi) is 5.48. The highest BCUT2D eigenvalue weighted by Crippen LogP contribution is 2.26. The first-order valence-corrected chi connectivity index (χ1v) is 6.48. The average Bonchev–Trinajstić information content (AvgIpc) is 2.47. The van der Waals surface area contributed by atoms with E-state index in [2.05, 4.69) is 0 Å². The van der Waals surface area contributed by atoms with Crippen molar-refractivity contribution in [3.63, 3.8) is 0 Å². The van der Waals surface area contributed by atoms with Gasteiger partial charge in [0.05, 0.1) is 13.2 Å². The first-order chi connectivity index (χ1) is 9.86. The van der Waals surface area contributed by atoms with Gasteiger partial charge in [-0.3, -0.25) is 0 Å². The van der Waals surface area contributed by atoms with Gasteiger partial charge in [0.25, 0.3) is 0 Å². The van der Waals surface area contributed by atoms with Gasteiger partial charge < -0.3 is 50.0 Å². The number of aliphatic hydroxyl groups is 7. The lowest BCUT2D eigenvalue weighted by molar-refractivity contribution is -0.342. The van der Waals surface area contributed by atoms with Gasteiger partial charge in [-0.15, -0.1) is 0 Å². The lowest BCUT2D eigenvalue weighted by Crippen LogP contribution is -2.62. The van der Waals surface area contributed by atoms with Crippen LogP contribution in [0, 0.1) is 0 Å². The first kappa shape index (κ1) is 17.0. The van der Waals surface area contributed by atoms with Crippen molar-refractivity contribution in [3.8, 4) is 0 Å². The Bertz CT molecular complexity index is 339. The van der Waals surface area contributed by atoms with Crippen LogP contribution in [0.5, 0.6) is 0 Å². The van der Waals surface area contributed by atoms with E-state index in [9.17, 15) is 35.7 Å². The quantitative estimate of drug-likeness (QED) is 0.268. The molecule has 0 radical (unpaired) electrons. The molecule has 124 valence electrons. The average molecular weight is 312 g/mol. The zero-order valence-corrected chi connectivity index (χ0v) is 11.0. The first-order valence-electron chi connectivity index (χ1n) is 6.48. The molecule has 2 rings (SSSR count). The van der Waals surface area contributed by atoms with Crippen LogP contribution in [0.15, 0.2) is 0 Å². The van der Waals surface area contributed by atoms with E-state index in [1.165, 1.54) is 0 Å². The molecule has 7 N–H and O–H groups in total. The Hall–Kier alpha value is -0.400. The summed E-state index contributed by atoms with van der Waals surface area (Å²) in [5.74, 6) is 0. The lowest BCUT2D eigenvalue weighted by Gasteiger charge is -2.43. The molecule has 0 unspecified atom stereocenters. The van der Waals surface area contributed by atoms with Gasteiger partial charge in [-0.05, 0) is 0 Å². The molecule has 10 nitrogen and oxygen atoms in total. The SMILES string of the molecule is OC[C@H]1O[C@@H](O)[C@@H](O)[C@@H](O)[C@@H]1O[C@@H]1OC[C@@H](O)[C@H](O)[C@H]1O. The molecule has 0 aromatic rings. The molecule has 2 heterocycles. The van der Waals surface area contributed by atoms with Crippen molar-refractivity contribution in [1.82, 2.24) is 0 Å². The molecule has 10 heteroatoms. The van der Waals surface area contributed by atoms with E-state index in [-0.39, 0.29) is 6.61 Å². The molecule has 2 fully saturated rings. The van der Waals surface area contributed by atoms with Crippen molar-refractivity contribution in [1.29, 1.82) is 0 Å². The molecule has 21 heavy (non-hydrogen) atoms. The highest BCUT2D eigenvalue weighted by molar-refractivity contribution is 4.91. The van der Waals surface area contributed by atoms with Crippen LogP contribution in [0.25, 0.3) is 0 Å². The zero-order chi connectivity index (χ0) is 15.7. The maximum atomic E-state index is 9.87. The molecule has 0 aromatic carbocycles. The smallest absolute Gasteiger partial charge is 0.186 e. The van der Waals surface area contributed by atoms with Crippen molar-refractivity contribution < 1.29 is 50.0 Å². The van der Waals surface area contributed by atoms with Gasteiger partial charge in [-0.2, -0.15) is 0 Å². The second kappa shape index (κ2) is 6.79. The Balaban J connectivity index is 2.05. The van der Waals surface area contributed by atoms with Crippen molar-refractivity contribution in [2.75, 3.05) is 13.2 Å². The van der Waals surface area contributed by atoms with Gasteiger partial charge in [-0.1, -0.05) is 0 Å². The molecular formula is C11H20O10. The number of rotatable bonds is 3. The van der Waals surface area contributed by atoms with Crippen LogP contribution in [-0.2, 0) is 14.2 Å². The number of aliphatic hydroxyl groups excluding tert-OH is 7. The summed E-state index contributed by atoms with van der Waals surface area (Å²) in [7, 11) is 0. The topological polar surface area (TPSA) is 169 Å². The van der Waals surface area contributed by atoms with E-state index in [4.69, 9.17) is 14.2 Å². The van der Waals surface area contributed by atoms with Crippen LogP contribution in [0.3, 0.4) is 0 Å². The molecule has 2 saturated heterocycles. The zero-order valence-electron chi connectivity index (χ0n) is 11.0. The van der Waals surface area contributed by atoms with E-state index < -0.39 is 61.9 Å². The molecule has 0 saturated carbocycles. The highest BCUT2D eigenvalue weighted by Gasteiger charge is 2.48. The van der Waals surface area contributed by atoms with E-state index in [1.807, 2.05) is 0 Å². The Labute approximate surface area is 119 Å². The number of hydrogen-bond acceptors (Lipinski definition) is 10. The second-order valence-electron chi connectivity index (χ2n) is 5.08. The predicted molar refractivity (Wildman–Crippen MR) is 62.6 cm³/mol. The van der Waals surface area contributed by atoms with Crippen LogP contribution in [0.4, 0.5) is 0 Å². The highest BCUT2D eigenvalue weighted by atomic mass is 16.7. The summed E-state index contributed by atoms with van der Waals surface area (Å²) >= 11 is 0. The fourth-order valence-corrected chi connectivity index (χ4v) is 2.29. The summed E-state index contributed by atoms with van der Waals surface area (Å²) in [6, 6.07) is 0. The standard InChI is InChI=1S/C11H20O10/c12-1-4-9(6(15)7(16)10(18)20-4)21-11-8(17)5(14)3(13)2-19-11/h3-18H,1-2H2/t3-,4-,5+,6-,7+,8-,9-,10-,11+/m1/s1. The molecule has 2 aliphatic heterocycles. The normalized spacial score (nSPS) is 51.9. The monoisotopic (exact) mass is 312 g/mol. The molecule has 0 aliphatic carbocycles. The second-order valence-corrected chi connectivity index (χ2v) is 5.08. The molecule has 0 amide bonds. The fourth-order valence-electron chi connectivity index (χ4n) is 2.29. The molecule has 0 aromatic heterocycles. The molecule has 2 aliphatic rings. The largest absolute Gasteiger partial charge is 0.394 e. The van der Waals surface area contributed by atoms with Crippen LogP contribution >= 0.6 is 0 Å². The Morgan fingerprint density at radius 1 is 0.905 bits per heavy atom. The minimum atomic E-state index is -1.69. The Morgan fingerprint density at radius 2 is 1.57 bits per heavy atom. The van der Waals surface area contributed by atoms with Crippen LogP contribution in [0.1, 0.15) is 0 Å². The van der Waals surface area contributed by atoms with E-state index in [0.29, 0.717) is 0 Å². The van der Waals surface area contributed by atoms with Crippen LogP contribution in [0.2, 0.25) is 0 Å². The molecule has 9 atom stereocenters. The molecular weight excluding hydrogens is 292 g/mol. The van der Waals surface area contributed by atoms with Crippen molar-refractivity contribution >= 4 is 0 Å². The van der Waals surface area contributed by atoms with Crippen molar-refractivity contribution in [3.05, 3.63) is 0 Å². The van der Waals surface area contributed by atoms with Gasteiger partial charge in [-0.25, -0.2) is 0 Å². The summed E-state index contributed by atoms with van der Waals surface area (Å²) in [6.07, 6.45) is -13.2. The van der Waals surface area contributed by atoms with E-state index >= 15 is 0 Å². The summed E-state index contributed by atoms with van der Waals surface area (Å²) in [4.78, 5) is 0. The van der Waals surface area contributed by atoms with Gasteiger partial charge in [0.15, 0.2) is 12.6 Å². The maximum Gasteiger partial charge on any atom is 0.186 e. The number of ether oxygens (including phenoxy) is 3. The van der Waals surface area contributed by atoms with E-state index in [0.717, 1.165) is 0 Å². The third-order valence-electron chi connectivity index (χ3n) is 3.58. The predicted octanol–water partition coefficient (Wildman–Crippen LogP) is -4.76. The van der Waals surface area contributed by atoms with Gasteiger partial charge >= 0.3 is 0 Å². The van der Waals surface area contributed by atoms with Crippen molar-refractivity contribution in [2.24, 2.45) is 0 Å². The number of hydrogen-bond donors (Lipinski definition) is 7. The minimum absolute atomic E-state index is 0.304. The van der Waals surface area contributed by atoms with Crippen LogP contribution < -0.4 is 0 Å². The summed E-state index contributed by atoms with van der Waals surface area (Å²) in [5.41, 5.74) is 0.